The highest BCUT2D eigenvalue weighted by molar-refractivity contribution is 7.99. The zero-order valence-corrected chi connectivity index (χ0v) is 19.0. The topological polar surface area (TPSA) is 53.1 Å². The molecule has 0 radical (unpaired) electrons. The molecule has 0 N–H and O–H groups in total. The number of ether oxygens (including phenoxy) is 1. The van der Waals surface area contributed by atoms with E-state index < -0.39 is 11.7 Å². The third-order valence-electron chi connectivity index (χ3n) is 4.57. The fraction of sp³-hybridized carbons (Fsp3) is 0.304. The van der Waals surface area contributed by atoms with Crippen LogP contribution in [0.15, 0.2) is 58.8 Å². The minimum absolute atomic E-state index is 0.199. The Labute approximate surface area is 182 Å². The highest BCUT2D eigenvalue weighted by Gasteiger charge is 2.32. The number of carbonyl (C=O) groups excluding carboxylic acids is 2. The van der Waals surface area contributed by atoms with E-state index in [4.69, 9.17) is 4.74 Å². The second-order valence-corrected chi connectivity index (χ2v) is 9.30. The van der Waals surface area contributed by atoms with Crippen LogP contribution in [-0.2, 0) is 9.53 Å². The number of hydrogen-bond acceptors (Lipinski definition) is 5. The van der Waals surface area contributed by atoms with E-state index in [0.29, 0.717) is 0 Å². The lowest BCUT2D eigenvalue weighted by Crippen LogP contribution is -2.35. The molecule has 7 heteroatoms. The van der Waals surface area contributed by atoms with Crippen molar-refractivity contribution in [1.82, 2.24) is 0 Å². The molecule has 0 unspecified atom stereocenters. The predicted molar refractivity (Wildman–Crippen MR) is 123 cm³/mol. The maximum atomic E-state index is 13.1. The number of amides is 2. The van der Waals surface area contributed by atoms with E-state index in [9.17, 15) is 9.59 Å². The molecule has 6 nitrogen and oxygen atoms in total. The molecule has 0 aromatic heterocycles. The maximum absolute atomic E-state index is 13.1. The molecule has 3 rings (SSSR count). The lowest BCUT2D eigenvalue weighted by atomic mass is 10.2. The Bertz CT molecular complexity index is 1010. The highest BCUT2D eigenvalue weighted by Crippen LogP contribution is 2.50. The summed E-state index contributed by atoms with van der Waals surface area (Å²) in [6.45, 7) is 9.09. The molecule has 158 valence electrons. The molecule has 0 spiro atoms. The molecule has 0 bridgehead atoms. The maximum Gasteiger partial charge on any atom is 0.419 e. The van der Waals surface area contributed by atoms with Gasteiger partial charge >= 0.3 is 6.09 Å². The number of hydrogen-bond donors (Lipinski definition) is 0. The van der Waals surface area contributed by atoms with Crippen molar-refractivity contribution in [2.45, 2.75) is 36.2 Å². The van der Waals surface area contributed by atoms with Crippen LogP contribution < -0.4 is 14.7 Å². The first-order chi connectivity index (χ1) is 14.0. The second-order valence-electron chi connectivity index (χ2n) is 8.22. The van der Waals surface area contributed by atoms with Gasteiger partial charge in [0, 0.05) is 42.3 Å². The Morgan fingerprint density at radius 1 is 1.00 bits per heavy atom. The van der Waals surface area contributed by atoms with Gasteiger partial charge in [-0.2, -0.15) is 0 Å². The number of benzene rings is 2. The van der Waals surface area contributed by atoms with Gasteiger partial charge in [0.15, 0.2) is 0 Å². The molecule has 0 aliphatic carbocycles. The standard InChI is InChI=1S/C23H27N3O3S/c1-8-21(27)25(7)16-10-12-18-20(14-16)30-19-13-15(24(5)6)9-11-17(19)26(18)22(28)29-23(2,3)4/h8-14H,1H2,2-7H3. The van der Waals surface area contributed by atoms with Crippen LogP contribution in [0, 0.1) is 0 Å². The van der Waals surface area contributed by atoms with Crippen molar-refractivity contribution in [2.24, 2.45) is 0 Å². The molecule has 0 atom stereocenters. The minimum Gasteiger partial charge on any atom is -0.443 e. The van der Waals surface area contributed by atoms with Crippen molar-refractivity contribution in [1.29, 1.82) is 0 Å². The average molecular weight is 426 g/mol. The van der Waals surface area contributed by atoms with Gasteiger partial charge in [-0.3, -0.25) is 4.79 Å². The van der Waals surface area contributed by atoms with Crippen LogP contribution in [0.1, 0.15) is 20.8 Å². The van der Waals surface area contributed by atoms with E-state index in [-0.39, 0.29) is 5.91 Å². The average Bonchev–Trinajstić information content (AvgIpc) is 2.68. The van der Waals surface area contributed by atoms with Gasteiger partial charge in [0.2, 0.25) is 5.91 Å². The Morgan fingerprint density at radius 3 is 2.03 bits per heavy atom. The summed E-state index contributed by atoms with van der Waals surface area (Å²) >= 11 is 1.56. The molecule has 1 aliphatic rings. The summed E-state index contributed by atoms with van der Waals surface area (Å²) in [6.07, 6.45) is 0.837. The second kappa shape index (κ2) is 8.07. The van der Waals surface area contributed by atoms with Crippen LogP contribution in [0.3, 0.4) is 0 Å². The van der Waals surface area contributed by atoms with Crippen LogP contribution in [-0.4, -0.2) is 38.7 Å². The van der Waals surface area contributed by atoms with E-state index >= 15 is 0 Å². The summed E-state index contributed by atoms with van der Waals surface area (Å²) in [4.78, 5) is 32.1. The van der Waals surface area contributed by atoms with Gasteiger partial charge in [-0.15, -0.1) is 0 Å². The van der Waals surface area contributed by atoms with E-state index in [1.807, 2.05) is 76.2 Å². The zero-order chi connectivity index (χ0) is 22.2. The van der Waals surface area contributed by atoms with Crippen molar-refractivity contribution in [3.63, 3.8) is 0 Å². The summed E-state index contributed by atoms with van der Waals surface area (Å²) in [6, 6.07) is 11.5. The third kappa shape index (κ3) is 4.31. The predicted octanol–water partition coefficient (Wildman–Crippen LogP) is 5.44. The monoisotopic (exact) mass is 425 g/mol. The quantitative estimate of drug-likeness (QED) is 0.613. The lowest BCUT2D eigenvalue weighted by Gasteiger charge is -2.33. The number of rotatable bonds is 3. The van der Waals surface area contributed by atoms with E-state index in [1.165, 1.54) is 11.0 Å². The SMILES string of the molecule is C=CC(=O)N(C)c1ccc2c(c1)Sc1cc(N(C)C)ccc1N2C(=O)OC(C)(C)C. The van der Waals surface area contributed by atoms with Gasteiger partial charge < -0.3 is 14.5 Å². The first-order valence-corrected chi connectivity index (χ1v) is 10.4. The molecule has 30 heavy (non-hydrogen) atoms. The van der Waals surface area contributed by atoms with E-state index in [0.717, 1.165) is 32.5 Å². The van der Waals surface area contributed by atoms with Crippen LogP contribution in [0.5, 0.6) is 0 Å². The van der Waals surface area contributed by atoms with Gasteiger partial charge in [-0.1, -0.05) is 18.3 Å². The number of carbonyl (C=O) groups is 2. The molecular weight excluding hydrogens is 398 g/mol. The molecule has 1 heterocycles. The molecule has 0 fully saturated rings. The number of likely N-dealkylation sites (N-methyl/N-ethyl adjacent to an activating group) is 1. The number of nitrogens with zero attached hydrogens (tertiary/aromatic N) is 3. The number of anilines is 4. The fourth-order valence-corrected chi connectivity index (χ4v) is 4.17. The molecule has 2 amide bonds. The summed E-state index contributed by atoms with van der Waals surface area (Å²) in [5.41, 5.74) is 2.63. The Balaban J connectivity index is 2.12. The Kier molecular flexibility index (Phi) is 5.85. The molecule has 2 aromatic rings. The third-order valence-corrected chi connectivity index (χ3v) is 5.67. The van der Waals surface area contributed by atoms with Crippen molar-refractivity contribution in [3.05, 3.63) is 49.1 Å². The summed E-state index contributed by atoms with van der Waals surface area (Å²) < 4.78 is 5.69. The molecule has 0 saturated heterocycles. The van der Waals surface area contributed by atoms with Crippen molar-refractivity contribution < 1.29 is 14.3 Å². The normalized spacial score (nSPS) is 12.5. The Hall–Kier alpha value is -2.93. The smallest absolute Gasteiger partial charge is 0.419 e. The summed E-state index contributed by atoms with van der Waals surface area (Å²) in [7, 11) is 5.65. The van der Waals surface area contributed by atoms with Gasteiger partial charge in [0.25, 0.3) is 0 Å². The van der Waals surface area contributed by atoms with E-state index in [2.05, 4.69) is 6.58 Å². The van der Waals surface area contributed by atoms with E-state index in [1.54, 1.807) is 23.7 Å². The largest absolute Gasteiger partial charge is 0.443 e. The lowest BCUT2D eigenvalue weighted by molar-refractivity contribution is -0.113. The van der Waals surface area contributed by atoms with Crippen molar-refractivity contribution in [3.8, 4) is 0 Å². The van der Waals surface area contributed by atoms with Crippen LogP contribution in [0.25, 0.3) is 0 Å². The fourth-order valence-electron chi connectivity index (χ4n) is 3.04. The van der Waals surface area contributed by atoms with Crippen LogP contribution >= 0.6 is 11.8 Å². The first kappa shape index (κ1) is 21.8. The van der Waals surface area contributed by atoms with Crippen molar-refractivity contribution in [2.75, 3.05) is 35.8 Å². The highest BCUT2D eigenvalue weighted by atomic mass is 32.2. The number of fused-ring (bicyclic) bond motifs is 2. The van der Waals surface area contributed by atoms with Gasteiger partial charge in [0.1, 0.15) is 5.60 Å². The minimum atomic E-state index is -0.623. The zero-order valence-electron chi connectivity index (χ0n) is 18.2. The molecule has 0 saturated carbocycles. The van der Waals surface area contributed by atoms with Gasteiger partial charge in [-0.25, -0.2) is 9.69 Å². The first-order valence-electron chi connectivity index (χ1n) is 9.58. The Morgan fingerprint density at radius 2 is 1.53 bits per heavy atom. The molecule has 2 aromatic carbocycles. The molecular formula is C23H27N3O3S. The van der Waals surface area contributed by atoms with Crippen LogP contribution in [0.4, 0.5) is 27.5 Å². The molecule has 1 aliphatic heterocycles. The van der Waals surface area contributed by atoms with Gasteiger partial charge in [0.05, 0.1) is 11.4 Å². The summed E-state index contributed by atoms with van der Waals surface area (Å²) in [5, 5.41) is 0. The van der Waals surface area contributed by atoms with Crippen LogP contribution in [0.2, 0.25) is 0 Å². The van der Waals surface area contributed by atoms with Gasteiger partial charge in [-0.05, 0) is 63.2 Å². The summed E-state index contributed by atoms with van der Waals surface area (Å²) in [5.74, 6) is -0.199. The van der Waals surface area contributed by atoms with Crippen molar-refractivity contribution >= 4 is 46.5 Å².